The van der Waals surface area contributed by atoms with E-state index in [0.717, 1.165) is 10.0 Å². The molecule has 0 unspecified atom stereocenters. The lowest BCUT2D eigenvalue weighted by Gasteiger charge is -2.06. The molecular formula is C15H12N4O3S2. The molecule has 24 heavy (non-hydrogen) atoms. The Kier molecular flexibility index (Phi) is 4.92. The summed E-state index contributed by atoms with van der Waals surface area (Å²) in [6, 6.07) is 12.0. The van der Waals surface area contributed by atoms with Gasteiger partial charge in [-0.1, -0.05) is 41.3 Å². The van der Waals surface area contributed by atoms with E-state index in [2.05, 4.69) is 20.8 Å². The molecule has 0 bridgehead atoms. The van der Waals surface area contributed by atoms with Crippen LogP contribution in [0.4, 0.5) is 16.5 Å². The van der Waals surface area contributed by atoms with Gasteiger partial charge in [0.2, 0.25) is 5.13 Å². The lowest BCUT2D eigenvalue weighted by atomic mass is 10.3. The lowest BCUT2D eigenvalue weighted by molar-refractivity contribution is 0.0992. The van der Waals surface area contributed by atoms with Gasteiger partial charge in [-0.25, -0.2) is 4.79 Å². The molecule has 2 heterocycles. The van der Waals surface area contributed by atoms with Crippen LogP contribution in [0.5, 0.6) is 0 Å². The van der Waals surface area contributed by atoms with E-state index in [1.165, 1.54) is 35.2 Å². The minimum absolute atomic E-state index is 0.109. The molecule has 2 aromatic heterocycles. The molecule has 1 amide bonds. The molecule has 2 N–H and O–H groups in total. The number of carbonyl (C=O) groups excluding carboxylic acids is 1. The summed E-state index contributed by atoms with van der Waals surface area (Å²) in [7, 11) is 0. The lowest BCUT2D eigenvalue weighted by Crippen LogP contribution is -2.15. The van der Waals surface area contributed by atoms with Crippen LogP contribution in [-0.4, -0.2) is 22.4 Å². The fourth-order valence-corrected chi connectivity index (χ4v) is 3.02. The Bertz CT molecular complexity index is 908. The number of hydrogen-bond donors (Lipinski definition) is 2. The third-order valence-electron chi connectivity index (χ3n) is 2.86. The predicted octanol–water partition coefficient (Wildman–Crippen LogP) is 3.21. The number of amides is 1. The number of benzene rings is 1. The van der Waals surface area contributed by atoms with Gasteiger partial charge in [0.15, 0.2) is 10.1 Å². The first-order valence-corrected chi connectivity index (χ1v) is 8.84. The van der Waals surface area contributed by atoms with E-state index in [-0.39, 0.29) is 5.76 Å². The number of aromatic nitrogens is 2. The summed E-state index contributed by atoms with van der Waals surface area (Å²) in [6.45, 7) is 0. The van der Waals surface area contributed by atoms with Gasteiger partial charge in [0.25, 0.3) is 5.91 Å². The van der Waals surface area contributed by atoms with Crippen molar-refractivity contribution in [2.45, 2.75) is 4.34 Å². The Morgan fingerprint density at radius 1 is 1.17 bits per heavy atom. The first-order chi connectivity index (χ1) is 11.6. The second-order valence-corrected chi connectivity index (χ2v) is 6.58. The van der Waals surface area contributed by atoms with Crippen molar-refractivity contribution < 1.29 is 9.21 Å². The zero-order valence-corrected chi connectivity index (χ0v) is 14.1. The highest BCUT2D eigenvalue weighted by atomic mass is 32.2. The van der Waals surface area contributed by atoms with Crippen LogP contribution in [0.15, 0.2) is 56.0 Å². The third-order valence-corrected chi connectivity index (χ3v) is 4.67. The minimum Gasteiger partial charge on any atom is -0.417 e. The van der Waals surface area contributed by atoms with Crippen molar-refractivity contribution in [3.63, 3.8) is 0 Å². The summed E-state index contributed by atoms with van der Waals surface area (Å²) in [5.74, 6) is -0.672. The van der Waals surface area contributed by atoms with Crippen molar-refractivity contribution in [3.8, 4) is 0 Å². The largest absolute Gasteiger partial charge is 0.417 e. The smallest absolute Gasteiger partial charge is 0.338 e. The Balaban J connectivity index is 1.80. The quantitative estimate of drug-likeness (QED) is 0.532. The van der Waals surface area contributed by atoms with Crippen molar-refractivity contribution in [1.82, 2.24) is 10.2 Å². The van der Waals surface area contributed by atoms with Crippen molar-refractivity contribution >= 4 is 45.5 Å². The highest BCUT2D eigenvalue weighted by Gasteiger charge is 2.14. The first kappa shape index (κ1) is 16.2. The standard InChI is InChI=1S/C15H12N4O3S2/c1-23-15-19-18-14(24-15)17-13(21)11-7-10(8-12(20)22-11)16-9-5-3-2-4-6-9/h2-8,16H,1H3,(H,17,18,21). The maximum atomic E-state index is 12.2. The Morgan fingerprint density at radius 2 is 1.96 bits per heavy atom. The summed E-state index contributed by atoms with van der Waals surface area (Å²) < 4.78 is 5.69. The van der Waals surface area contributed by atoms with Crippen LogP contribution < -0.4 is 16.3 Å². The van der Waals surface area contributed by atoms with Gasteiger partial charge < -0.3 is 9.73 Å². The molecular weight excluding hydrogens is 348 g/mol. The van der Waals surface area contributed by atoms with Crippen molar-refractivity contribution in [2.75, 3.05) is 16.9 Å². The number of hydrogen-bond acceptors (Lipinski definition) is 8. The average molecular weight is 360 g/mol. The van der Waals surface area contributed by atoms with E-state index in [1.54, 1.807) is 0 Å². The Morgan fingerprint density at radius 3 is 2.67 bits per heavy atom. The number of rotatable bonds is 5. The Hall–Kier alpha value is -2.65. The molecule has 0 spiro atoms. The van der Waals surface area contributed by atoms with Crippen molar-refractivity contribution in [2.24, 2.45) is 0 Å². The molecule has 9 heteroatoms. The molecule has 0 saturated carbocycles. The molecule has 7 nitrogen and oxygen atoms in total. The van der Waals surface area contributed by atoms with E-state index in [0.29, 0.717) is 10.8 Å². The van der Waals surface area contributed by atoms with E-state index >= 15 is 0 Å². The molecule has 0 radical (unpaired) electrons. The van der Waals surface area contributed by atoms with Crippen LogP contribution in [0.2, 0.25) is 0 Å². The minimum atomic E-state index is -0.622. The number of carbonyl (C=O) groups is 1. The molecule has 1 aromatic carbocycles. The first-order valence-electron chi connectivity index (χ1n) is 6.80. The van der Waals surface area contributed by atoms with Crippen LogP contribution in [0.1, 0.15) is 10.6 Å². The molecule has 122 valence electrons. The van der Waals surface area contributed by atoms with Gasteiger partial charge >= 0.3 is 5.63 Å². The van der Waals surface area contributed by atoms with Crippen LogP contribution in [0, 0.1) is 0 Å². The van der Waals surface area contributed by atoms with Crippen LogP contribution in [0.3, 0.4) is 0 Å². The second kappa shape index (κ2) is 7.28. The zero-order valence-electron chi connectivity index (χ0n) is 12.5. The topological polar surface area (TPSA) is 97.1 Å². The van der Waals surface area contributed by atoms with Gasteiger partial charge in [-0.2, -0.15) is 0 Å². The maximum absolute atomic E-state index is 12.2. The predicted molar refractivity (Wildman–Crippen MR) is 94.3 cm³/mol. The van der Waals surface area contributed by atoms with Crippen LogP contribution >= 0.6 is 23.1 Å². The van der Waals surface area contributed by atoms with Gasteiger partial charge in [0.1, 0.15) is 0 Å². The molecule has 0 saturated heterocycles. The number of anilines is 3. The zero-order chi connectivity index (χ0) is 16.9. The van der Waals surface area contributed by atoms with Gasteiger partial charge in [0, 0.05) is 23.5 Å². The fraction of sp³-hybridized carbons (Fsp3) is 0.0667. The van der Waals surface area contributed by atoms with E-state index in [9.17, 15) is 9.59 Å². The third kappa shape index (κ3) is 4.00. The Labute approximate surface area is 145 Å². The molecule has 3 rings (SSSR count). The molecule has 0 aliphatic carbocycles. The molecule has 3 aromatic rings. The molecule has 0 aliphatic heterocycles. The summed E-state index contributed by atoms with van der Waals surface area (Å²) in [6.07, 6.45) is 1.86. The monoisotopic (exact) mass is 360 g/mol. The summed E-state index contributed by atoms with van der Waals surface area (Å²) in [5.41, 5.74) is 0.635. The molecule has 0 aliphatic rings. The highest BCUT2D eigenvalue weighted by Crippen LogP contribution is 2.23. The number of para-hydroxylation sites is 1. The molecule has 0 atom stereocenters. The van der Waals surface area contributed by atoms with Crippen molar-refractivity contribution in [1.29, 1.82) is 0 Å². The maximum Gasteiger partial charge on any atom is 0.338 e. The van der Waals surface area contributed by atoms with E-state index in [1.807, 2.05) is 36.6 Å². The van der Waals surface area contributed by atoms with Crippen LogP contribution in [-0.2, 0) is 0 Å². The van der Waals surface area contributed by atoms with Gasteiger partial charge in [-0.05, 0) is 18.4 Å². The molecule has 0 fully saturated rings. The SMILES string of the molecule is CSc1nnc(NC(=O)c2cc(Nc3ccccc3)cc(=O)o2)s1. The number of nitrogens with zero attached hydrogens (tertiary/aromatic N) is 2. The summed E-state index contributed by atoms with van der Waals surface area (Å²) in [4.78, 5) is 23.9. The van der Waals surface area contributed by atoms with Crippen LogP contribution in [0.25, 0.3) is 0 Å². The van der Waals surface area contributed by atoms with Gasteiger partial charge in [-0.3, -0.25) is 10.1 Å². The van der Waals surface area contributed by atoms with E-state index < -0.39 is 11.5 Å². The summed E-state index contributed by atoms with van der Waals surface area (Å²) in [5, 5.41) is 13.7. The normalized spacial score (nSPS) is 10.4. The van der Waals surface area contributed by atoms with E-state index in [4.69, 9.17) is 4.42 Å². The second-order valence-electron chi connectivity index (χ2n) is 4.55. The average Bonchev–Trinajstić information content (AvgIpc) is 3.03. The van der Waals surface area contributed by atoms with Gasteiger partial charge in [0.05, 0.1) is 0 Å². The highest BCUT2D eigenvalue weighted by molar-refractivity contribution is 8.00. The van der Waals surface area contributed by atoms with Gasteiger partial charge in [-0.15, -0.1) is 10.2 Å². The fourth-order valence-electron chi connectivity index (χ4n) is 1.85. The number of nitrogens with one attached hydrogen (secondary N) is 2. The number of thioether (sulfide) groups is 1. The van der Waals surface area contributed by atoms with Crippen molar-refractivity contribution in [3.05, 3.63) is 58.6 Å². The summed E-state index contributed by atoms with van der Waals surface area (Å²) >= 11 is 2.67.